The standard InChI is InChI=1S/C30H41F3N2O10/c1-20(29(40)43-15-6-7-16-45-35(41)42)34-28(39)12-5-3-2-4-11-24-25(27(38)18-26(24)37)14-13-22(36)19-44-23-10-8-9-21(17-23)30(31,32)33/h2,4,8-10,13-14,17,20,22,24-27,36-38H,3,5-7,11-12,15-16,18-19H2,1H3,(H,34,39)/t20?,22-,24-,25-,26+,27-/m1/s1. The van der Waals surface area contributed by atoms with Crippen LogP contribution in [-0.4, -0.2) is 76.5 Å². The number of ether oxygens (including phenoxy) is 2. The highest BCUT2D eigenvalue weighted by molar-refractivity contribution is 5.84. The Morgan fingerprint density at radius 2 is 1.89 bits per heavy atom. The van der Waals surface area contributed by atoms with Crippen LogP contribution in [0.15, 0.2) is 48.6 Å². The topological polar surface area (TPSA) is 178 Å². The fraction of sp³-hybridized carbons (Fsp3) is 0.600. The summed E-state index contributed by atoms with van der Waals surface area (Å²) in [5.41, 5.74) is -0.866. The van der Waals surface area contributed by atoms with E-state index in [-0.39, 0.29) is 50.2 Å². The number of hydrogen-bond donors (Lipinski definition) is 4. The third-order valence-corrected chi connectivity index (χ3v) is 7.11. The van der Waals surface area contributed by atoms with Gasteiger partial charge in [0.1, 0.15) is 24.5 Å². The molecule has 1 aliphatic carbocycles. The van der Waals surface area contributed by atoms with Gasteiger partial charge < -0.3 is 34.9 Å². The smallest absolute Gasteiger partial charge is 0.416 e. The van der Waals surface area contributed by atoms with E-state index in [2.05, 4.69) is 10.2 Å². The van der Waals surface area contributed by atoms with Crippen LogP contribution in [0.2, 0.25) is 0 Å². The summed E-state index contributed by atoms with van der Waals surface area (Å²) in [5.74, 6) is -1.79. The van der Waals surface area contributed by atoms with Gasteiger partial charge >= 0.3 is 12.1 Å². The maximum absolute atomic E-state index is 12.9. The van der Waals surface area contributed by atoms with Crippen LogP contribution in [0.3, 0.4) is 0 Å². The molecule has 15 heteroatoms. The van der Waals surface area contributed by atoms with Crippen molar-refractivity contribution in [3.8, 4) is 5.75 Å². The summed E-state index contributed by atoms with van der Waals surface area (Å²) in [5, 5.41) is 42.8. The highest BCUT2D eigenvalue weighted by atomic mass is 19.4. The van der Waals surface area contributed by atoms with Crippen LogP contribution in [0.5, 0.6) is 5.75 Å². The minimum atomic E-state index is -4.52. The van der Waals surface area contributed by atoms with E-state index in [1.54, 1.807) is 6.08 Å². The number of nitrogens with one attached hydrogen (secondary N) is 1. The van der Waals surface area contributed by atoms with E-state index in [1.807, 2.05) is 12.2 Å². The molecule has 0 aliphatic heterocycles. The first-order valence-electron chi connectivity index (χ1n) is 14.7. The average Bonchev–Trinajstić information content (AvgIpc) is 3.24. The maximum Gasteiger partial charge on any atom is 0.416 e. The fourth-order valence-corrected chi connectivity index (χ4v) is 4.73. The Labute approximate surface area is 259 Å². The van der Waals surface area contributed by atoms with Crippen molar-refractivity contribution in [2.24, 2.45) is 11.8 Å². The summed E-state index contributed by atoms with van der Waals surface area (Å²) in [7, 11) is 0. The number of esters is 1. The molecule has 1 saturated carbocycles. The van der Waals surface area contributed by atoms with E-state index >= 15 is 0 Å². The van der Waals surface area contributed by atoms with E-state index < -0.39 is 53.1 Å². The molecule has 0 bridgehead atoms. The molecule has 1 fully saturated rings. The zero-order valence-corrected chi connectivity index (χ0v) is 24.9. The summed E-state index contributed by atoms with van der Waals surface area (Å²) in [6.07, 6.45) is 1.89. The molecular formula is C30H41F3N2O10. The number of rotatable bonds is 19. The van der Waals surface area contributed by atoms with Gasteiger partial charge in [0.2, 0.25) is 5.91 Å². The van der Waals surface area contributed by atoms with Crippen molar-refractivity contribution in [2.75, 3.05) is 19.8 Å². The quantitative estimate of drug-likeness (QED) is 0.0572. The minimum Gasteiger partial charge on any atom is -0.491 e. The van der Waals surface area contributed by atoms with Crippen LogP contribution in [-0.2, 0) is 25.3 Å². The molecule has 1 amide bonds. The summed E-state index contributed by atoms with van der Waals surface area (Å²) >= 11 is 0. The van der Waals surface area contributed by atoms with Gasteiger partial charge in [0.05, 0.1) is 31.0 Å². The number of hydrogen-bond acceptors (Lipinski definition) is 10. The number of benzene rings is 1. The number of nitrogens with zero attached hydrogens (tertiary/aromatic N) is 1. The molecule has 4 N–H and O–H groups in total. The Kier molecular flexibility index (Phi) is 15.8. The van der Waals surface area contributed by atoms with Crippen molar-refractivity contribution in [3.63, 3.8) is 0 Å². The predicted octanol–water partition coefficient (Wildman–Crippen LogP) is 3.51. The number of halogens is 3. The second-order valence-electron chi connectivity index (χ2n) is 10.7. The van der Waals surface area contributed by atoms with Gasteiger partial charge in [-0.15, -0.1) is 10.1 Å². The third-order valence-electron chi connectivity index (χ3n) is 7.11. The van der Waals surface area contributed by atoms with Crippen LogP contribution in [0.1, 0.15) is 57.4 Å². The van der Waals surface area contributed by atoms with Crippen LogP contribution in [0.25, 0.3) is 0 Å². The van der Waals surface area contributed by atoms with E-state index in [1.165, 1.54) is 25.1 Å². The largest absolute Gasteiger partial charge is 0.491 e. The van der Waals surface area contributed by atoms with Crippen molar-refractivity contribution in [3.05, 3.63) is 64.2 Å². The molecule has 0 aromatic heterocycles. The minimum absolute atomic E-state index is 0.0431. The Bertz CT molecular complexity index is 1150. The van der Waals surface area contributed by atoms with Gasteiger partial charge in [0, 0.05) is 18.8 Å². The van der Waals surface area contributed by atoms with Crippen molar-refractivity contribution < 1.29 is 57.5 Å². The SMILES string of the molecule is CC(NC(=O)CCCC=CC[C@@H]1[C@@H](C=C[C@@H](O)COc2cccc(C(F)(F)F)c2)[C@H](O)C[C@@H]1O)C(=O)OCCCCO[N+](=O)[O-]. The fourth-order valence-electron chi connectivity index (χ4n) is 4.73. The van der Waals surface area contributed by atoms with E-state index in [0.29, 0.717) is 32.1 Å². The number of amides is 1. The van der Waals surface area contributed by atoms with Gasteiger partial charge in [0.25, 0.3) is 5.09 Å². The lowest BCUT2D eigenvalue weighted by atomic mass is 9.89. The van der Waals surface area contributed by atoms with Crippen LogP contribution in [0.4, 0.5) is 13.2 Å². The number of aliphatic hydroxyl groups is 3. The number of carbonyl (C=O) groups is 2. The summed E-state index contributed by atoms with van der Waals surface area (Å²) < 4.78 is 48.9. The second kappa shape index (κ2) is 19.0. The number of aliphatic hydroxyl groups excluding tert-OH is 3. The van der Waals surface area contributed by atoms with Gasteiger partial charge in [-0.25, -0.2) is 4.79 Å². The van der Waals surface area contributed by atoms with Crippen LogP contribution >= 0.6 is 0 Å². The Hall–Kier alpha value is -3.69. The molecule has 45 heavy (non-hydrogen) atoms. The van der Waals surface area contributed by atoms with Crippen molar-refractivity contribution in [2.45, 2.75) is 82.4 Å². The molecule has 0 saturated heterocycles. The highest BCUT2D eigenvalue weighted by Crippen LogP contribution is 2.36. The number of allylic oxidation sites excluding steroid dienone is 2. The molecule has 6 atom stereocenters. The molecule has 12 nitrogen and oxygen atoms in total. The summed E-state index contributed by atoms with van der Waals surface area (Å²) in [6, 6.07) is 3.46. The number of carbonyl (C=O) groups excluding carboxylic acids is 2. The zero-order valence-electron chi connectivity index (χ0n) is 24.9. The lowest BCUT2D eigenvalue weighted by Crippen LogP contribution is -2.39. The van der Waals surface area contributed by atoms with Crippen molar-refractivity contribution in [1.29, 1.82) is 0 Å². The van der Waals surface area contributed by atoms with Gasteiger partial charge in [-0.2, -0.15) is 13.2 Å². The monoisotopic (exact) mass is 646 g/mol. The lowest BCUT2D eigenvalue weighted by molar-refractivity contribution is -0.757. The molecule has 0 heterocycles. The predicted molar refractivity (Wildman–Crippen MR) is 154 cm³/mol. The first-order valence-corrected chi connectivity index (χ1v) is 14.7. The van der Waals surface area contributed by atoms with Crippen molar-refractivity contribution in [1.82, 2.24) is 5.32 Å². The van der Waals surface area contributed by atoms with Gasteiger partial charge in [-0.1, -0.05) is 30.4 Å². The highest BCUT2D eigenvalue weighted by Gasteiger charge is 2.39. The Morgan fingerprint density at radius 1 is 1.16 bits per heavy atom. The Morgan fingerprint density at radius 3 is 2.60 bits per heavy atom. The number of unbranched alkanes of at least 4 members (excludes halogenated alkanes) is 2. The number of alkyl halides is 3. The normalized spacial score (nSPS) is 21.5. The molecule has 1 unspecified atom stereocenters. The van der Waals surface area contributed by atoms with E-state index in [4.69, 9.17) is 9.47 Å². The van der Waals surface area contributed by atoms with E-state index in [0.717, 1.165) is 12.1 Å². The lowest BCUT2D eigenvalue weighted by Gasteiger charge is -2.19. The molecule has 1 aromatic carbocycles. The second-order valence-corrected chi connectivity index (χ2v) is 10.7. The molecule has 0 radical (unpaired) electrons. The third kappa shape index (κ3) is 14.3. The zero-order chi connectivity index (χ0) is 33.4. The first kappa shape index (κ1) is 37.5. The molecule has 2 rings (SSSR count). The molecule has 252 valence electrons. The molecule has 0 spiro atoms. The summed E-state index contributed by atoms with van der Waals surface area (Å²) in [4.78, 5) is 38.3. The maximum atomic E-state index is 12.9. The van der Waals surface area contributed by atoms with Gasteiger partial charge in [-0.05, 0) is 63.1 Å². The average molecular weight is 647 g/mol. The van der Waals surface area contributed by atoms with Gasteiger partial charge in [-0.3, -0.25) is 4.79 Å². The van der Waals surface area contributed by atoms with E-state index in [9.17, 15) is 48.2 Å². The van der Waals surface area contributed by atoms with Crippen LogP contribution in [0, 0.1) is 22.0 Å². The first-order chi connectivity index (χ1) is 21.3. The molecule has 1 aliphatic rings. The Balaban J connectivity index is 1.69. The van der Waals surface area contributed by atoms with Crippen molar-refractivity contribution >= 4 is 11.9 Å². The van der Waals surface area contributed by atoms with Gasteiger partial charge in [0.15, 0.2) is 0 Å². The van der Waals surface area contributed by atoms with Crippen LogP contribution < -0.4 is 10.1 Å². The summed E-state index contributed by atoms with van der Waals surface area (Å²) in [6.45, 7) is 1.14. The molecule has 1 aromatic rings. The molecular weight excluding hydrogens is 605 g/mol.